The maximum Gasteiger partial charge on any atom is 0.376 e. The smallest absolute Gasteiger partial charge is 0.376 e. The fourth-order valence-corrected chi connectivity index (χ4v) is 1.78. The van der Waals surface area contributed by atoms with Crippen LogP contribution < -0.4 is 0 Å². The molecule has 0 radical (unpaired) electrons. The molecule has 0 unspecified atom stereocenters. The first-order chi connectivity index (χ1) is 9.02. The van der Waals surface area contributed by atoms with Gasteiger partial charge >= 0.3 is 5.97 Å². The third kappa shape index (κ3) is 2.84. The Bertz CT molecular complexity index is 624. The third-order valence-corrected chi connectivity index (χ3v) is 3.07. The number of ether oxygens (including phenoxy) is 1. The molecule has 0 fully saturated rings. The topological polar surface area (TPSA) is 52.3 Å². The maximum absolute atomic E-state index is 13.4. The number of aryl methyl sites for hydroxylation is 1. The van der Waals surface area contributed by atoms with Crippen molar-refractivity contribution in [1.82, 2.24) is 4.98 Å². The summed E-state index contributed by atoms with van der Waals surface area (Å²) in [6.07, 6.45) is 0. The molecule has 0 spiro atoms. The van der Waals surface area contributed by atoms with Gasteiger partial charge in [0, 0.05) is 5.56 Å². The largest absolute Gasteiger partial charge is 0.460 e. The first kappa shape index (κ1) is 13.7. The van der Waals surface area contributed by atoms with Crippen molar-refractivity contribution in [2.24, 2.45) is 0 Å². The second-order valence-corrected chi connectivity index (χ2v) is 4.64. The number of halogens is 2. The van der Waals surface area contributed by atoms with Gasteiger partial charge in [0.15, 0.2) is 0 Å². The predicted octanol–water partition coefficient (Wildman–Crippen LogP) is 3.73. The van der Waals surface area contributed by atoms with Gasteiger partial charge in [-0.05, 0) is 48.0 Å². The highest BCUT2D eigenvalue weighted by Gasteiger charge is 2.19. The number of oxazole rings is 1. The van der Waals surface area contributed by atoms with Crippen LogP contribution in [0.2, 0.25) is 0 Å². The quantitative estimate of drug-likeness (QED) is 0.806. The Labute approximate surface area is 117 Å². The number of carbonyl (C=O) groups is 1. The Balaban J connectivity index is 2.38. The van der Waals surface area contributed by atoms with Crippen molar-refractivity contribution >= 4 is 21.9 Å². The molecule has 1 heterocycles. The first-order valence-corrected chi connectivity index (χ1v) is 6.42. The van der Waals surface area contributed by atoms with E-state index in [4.69, 9.17) is 9.15 Å². The van der Waals surface area contributed by atoms with Crippen LogP contribution in [-0.2, 0) is 4.74 Å². The molecule has 2 rings (SSSR count). The van der Waals surface area contributed by atoms with Gasteiger partial charge in [-0.25, -0.2) is 14.2 Å². The monoisotopic (exact) mass is 327 g/mol. The van der Waals surface area contributed by atoms with Crippen LogP contribution in [0.3, 0.4) is 0 Å². The van der Waals surface area contributed by atoms with Crippen LogP contribution in [0, 0.1) is 12.7 Å². The van der Waals surface area contributed by atoms with E-state index in [0.717, 1.165) is 0 Å². The molecule has 0 amide bonds. The average molecular weight is 328 g/mol. The molecule has 0 saturated heterocycles. The van der Waals surface area contributed by atoms with Crippen molar-refractivity contribution in [3.05, 3.63) is 39.9 Å². The van der Waals surface area contributed by atoms with Gasteiger partial charge in [0.2, 0.25) is 11.7 Å². The number of benzene rings is 1. The molecule has 6 heteroatoms. The second-order valence-electron chi connectivity index (χ2n) is 3.78. The van der Waals surface area contributed by atoms with Gasteiger partial charge in [-0.2, -0.15) is 0 Å². The Morgan fingerprint density at radius 2 is 2.26 bits per heavy atom. The van der Waals surface area contributed by atoms with Crippen LogP contribution in [0.1, 0.15) is 23.2 Å². The molecule has 0 saturated carbocycles. The van der Waals surface area contributed by atoms with E-state index in [-0.39, 0.29) is 18.3 Å². The normalized spacial score (nSPS) is 10.5. The van der Waals surface area contributed by atoms with Gasteiger partial charge in [-0.1, -0.05) is 0 Å². The van der Waals surface area contributed by atoms with Crippen molar-refractivity contribution in [3.63, 3.8) is 0 Å². The van der Waals surface area contributed by atoms with Crippen LogP contribution in [-0.4, -0.2) is 17.6 Å². The molecule has 0 N–H and O–H groups in total. The number of esters is 1. The predicted molar refractivity (Wildman–Crippen MR) is 70.3 cm³/mol. The van der Waals surface area contributed by atoms with E-state index in [1.807, 2.05) is 0 Å². The van der Waals surface area contributed by atoms with Crippen LogP contribution in [0.25, 0.3) is 11.5 Å². The Morgan fingerprint density at radius 3 is 2.89 bits per heavy atom. The summed E-state index contributed by atoms with van der Waals surface area (Å²) < 4.78 is 24.0. The van der Waals surface area contributed by atoms with Crippen LogP contribution in [0.5, 0.6) is 0 Å². The van der Waals surface area contributed by atoms with E-state index in [1.165, 1.54) is 6.07 Å². The molecule has 0 bridgehead atoms. The number of aromatic nitrogens is 1. The van der Waals surface area contributed by atoms with Gasteiger partial charge < -0.3 is 9.15 Å². The first-order valence-electron chi connectivity index (χ1n) is 5.63. The number of rotatable bonds is 3. The summed E-state index contributed by atoms with van der Waals surface area (Å²) in [5.41, 5.74) is 0.871. The van der Waals surface area contributed by atoms with Gasteiger partial charge in [0.05, 0.1) is 16.8 Å². The zero-order valence-electron chi connectivity index (χ0n) is 10.4. The van der Waals surface area contributed by atoms with E-state index >= 15 is 0 Å². The minimum Gasteiger partial charge on any atom is -0.460 e. The highest BCUT2D eigenvalue weighted by Crippen LogP contribution is 2.26. The molecular weight excluding hydrogens is 317 g/mol. The van der Waals surface area contributed by atoms with Crippen LogP contribution in [0.15, 0.2) is 27.1 Å². The molecule has 4 nitrogen and oxygen atoms in total. The lowest BCUT2D eigenvalue weighted by atomic mass is 10.2. The number of hydrogen-bond donors (Lipinski definition) is 0. The van der Waals surface area contributed by atoms with Crippen molar-refractivity contribution in [1.29, 1.82) is 0 Å². The fraction of sp³-hybridized carbons (Fsp3) is 0.231. The highest BCUT2D eigenvalue weighted by atomic mass is 79.9. The summed E-state index contributed by atoms with van der Waals surface area (Å²) in [4.78, 5) is 15.7. The summed E-state index contributed by atoms with van der Waals surface area (Å²) in [6, 6.07) is 4.48. The molecule has 0 atom stereocenters. The van der Waals surface area contributed by atoms with E-state index in [9.17, 15) is 9.18 Å². The Morgan fingerprint density at radius 1 is 1.53 bits per heavy atom. The van der Waals surface area contributed by atoms with Gasteiger partial charge in [0.25, 0.3) is 0 Å². The third-order valence-electron chi connectivity index (χ3n) is 2.42. The molecule has 2 aromatic rings. The number of nitrogens with zero attached hydrogens (tertiary/aromatic N) is 1. The van der Waals surface area contributed by atoms with E-state index in [1.54, 1.807) is 26.0 Å². The number of carbonyl (C=O) groups excluding carboxylic acids is 1. The highest BCUT2D eigenvalue weighted by molar-refractivity contribution is 9.10. The minimum atomic E-state index is -0.573. The van der Waals surface area contributed by atoms with E-state index in [2.05, 4.69) is 20.9 Å². The maximum atomic E-state index is 13.4. The summed E-state index contributed by atoms with van der Waals surface area (Å²) in [7, 11) is 0. The molecule has 19 heavy (non-hydrogen) atoms. The standard InChI is InChI=1S/C13H11BrFNO3/c1-3-18-13(17)11-7(2)16-12(19-11)8-4-5-9(14)10(15)6-8/h4-6H,3H2,1-2H3. The second kappa shape index (κ2) is 5.52. The van der Waals surface area contributed by atoms with Gasteiger partial charge in [-0.3, -0.25) is 0 Å². The molecule has 0 aliphatic carbocycles. The fourth-order valence-electron chi connectivity index (χ4n) is 1.54. The van der Waals surface area contributed by atoms with Gasteiger partial charge in [-0.15, -0.1) is 0 Å². The summed E-state index contributed by atoms with van der Waals surface area (Å²) in [6.45, 7) is 3.59. The van der Waals surface area contributed by atoms with Crippen molar-refractivity contribution in [2.75, 3.05) is 6.61 Å². The molecule has 1 aromatic carbocycles. The van der Waals surface area contributed by atoms with Crippen molar-refractivity contribution in [2.45, 2.75) is 13.8 Å². The van der Waals surface area contributed by atoms with Crippen LogP contribution in [0.4, 0.5) is 4.39 Å². The Hall–Kier alpha value is -1.69. The zero-order valence-corrected chi connectivity index (χ0v) is 12.0. The molecule has 0 aliphatic heterocycles. The van der Waals surface area contributed by atoms with Crippen LogP contribution >= 0.6 is 15.9 Å². The molecule has 0 aliphatic rings. The minimum absolute atomic E-state index is 0.0418. The van der Waals surface area contributed by atoms with E-state index in [0.29, 0.717) is 15.7 Å². The lowest BCUT2D eigenvalue weighted by Crippen LogP contribution is -2.04. The summed E-state index contributed by atoms with van der Waals surface area (Å²) in [5.74, 6) is -0.769. The molecule has 100 valence electrons. The summed E-state index contributed by atoms with van der Waals surface area (Å²) >= 11 is 3.07. The van der Waals surface area contributed by atoms with E-state index < -0.39 is 11.8 Å². The summed E-state index contributed by atoms with van der Waals surface area (Å²) in [5, 5.41) is 0. The SMILES string of the molecule is CCOC(=O)c1oc(-c2ccc(Br)c(F)c2)nc1C. The zero-order chi connectivity index (χ0) is 14.0. The molecule has 1 aromatic heterocycles. The lowest BCUT2D eigenvalue weighted by molar-refractivity contribution is 0.0490. The van der Waals surface area contributed by atoms with Gasteiger partial charge in [0.1, 0.15) is 5.82 Å². The molecular formula is C13H11BrFNO3. The lowest BCUT2D eigenvalue weighted by Gasteiger charge is -1.98. The van der Waals surface area contributed by atoms with Crippen molar-refractivity contribution < 1.29 is 18.3 Å². The Kier molecular flexibility index (Phi) is 3.99. The average Bonchev–Trinajstić information content (AvgIpc) is 2.75. The van der Waals surface area contributed by atoms with Crippen molar-refractivity contribution in [3.8, 4) is 11.5 Å². The number of hydrogen-bond acceptors (Lipinski definition) is 4.